The van der Waals surface area contributed by atoms with Crippen LogP contribution >= 0.6 is 0 Å². The highest BCUT2D eigenvalue weighted by molar-refractivity contribution is 5.89. The van der Waals surface area contributed by atoms with Gasteiger partial charge < -0.3 is 5.73 Å². The van der Waals surface area contributed by atoms with Crippen LogP contribution in [0.15, 0.2) is 36.5 Å². The third-order valence-corrected chi connectivity index (χ3v) is 2.84. The van der Waals surface area contributed by atoms with Gasteiger partial charge in [0.1, 0.15) is 0 Å². The van der Waals surface area contributed by atoms with Crippen LogP contribution in [0.2, 0.25) is 0 Å². The molecule has 1 aromatic carbocycles. The lowest BCUT2D eigenvalue weighted by Crippen LogP contribution is -2.13. The van der Waals surface area contributed by atoms with Gasteiger partial charge in [-0.05, 0) is 12.1 Å². The van der Waals surface area contributed by atoms with E-state index in [1.54, 1.807) is 24.3 Å². The fourth-order valence-electron chi connectivity index (χ4n) is 1.95. The number of carbonyl (C=O) groups is 1. The van der Waals surface area contributed by atoms with E-state index in [0.29, 0.717) is 11.3 Å². The van der Waals surface area contributed by atoms with Crippen LogP contribution in [-0.2, 0) is 0 Å². The summed E-state index contributed by atoms with van der Waals surface area (Å²) < 4.78 is 1.25. The van der Waals surface area contributed by atoms with Gasteiger partial charge in [-0.3, -0.25) is 14.9 Å². The van der Waals surface area contributed by atoms with E-state index in [-0.39, 0.29) is 17.3 Å². The Hall–Kier alpha value is -3.36. The van der Waals surface area contributed by atoms with Gasteiger partial charge in [0, 0.05) is 12.3 Å². The van der Waals surface area contributed by atoms with Gasteiger partial charge >= 0.3 is 0 Å². The van der Waals surface area contributed by atoms with Crippen molar-refractivity contribution in [3.8, 4) is 11.3 Å². The number of aromatic nitrogens is 4. The molecule has 3 aromatic rings. The molecule has 0 unspecified atom stereocenters. The minimum Gasteiger partial charge on any atom is -0.363 e. The van der Waals surface area contributed by atoms with Crippen LogP contribution < -0.4 is 5.73 Å². The maximum absolute atomic E-state index is 11.1. The number of fused-ring (bicyclic) bond motifs is 1. The number of hydrogen-bond donors (Lipinski definition) is 1. The third kappa shape index (κ3) is 2.06. The van der Waals surface area contributed by atoms with Crippen LogP contribution in [-0.4, -0.2) is 30.4 Å². The Morgan fingerprint density at radius 3 is 2.76 bits per heavy atom. The van der Waals surface area contributed by atoms with E-state index in [0.717, 1.165) is 0 Å². The zero-order chi connectivity index (χ0) is 15.0. The summed E-state index contributed by atoms with van der Waals surface area (Å²) in [6.07, 6.45) is 1.43. The highest BCUT2D eigenvalue weighted by atomic mass is 16.6. The van der Waals surface area contributed by atoms with Crippen molar-refractivity contribution in [2.75, 3.05) is 0 Å². The summed E-state index contributed by atoms with van der Waals surface area (Å²) in [5.74, 6) is -0.859. The average molecular weight is 284 g/mol. The summed E-state index contributed by atoms with van der Waals surface area (Å²) in [7, 11) is 0. The van der Waals surface area contributed by atoms with E-state index >= 15 is 0 Å². The second-order valence-electron chi connectivity index (χ2n) is 4.12. The molecule has 0 aliphatic heterocycles. The monoisotopic (exact) mass is 284 g/mol. The Morgan fingerprint density at radius 2 is 2.05 bits per heavy atom. The minimum atomic E-state index is -0.797. The van der Waals surface area contributed by atoms with E-state index in [2.05, 4.69) is 15.1 Å². The van der Waals surface area contributed by atoms with Crippen molar-refractivity contribution in [1.29, 1.82) is 0 Å². The van der Waals surface area contributed by atoms with Crippen LogP contribution in [0.1, 0.15) is 10.6 Å². The number of primary amides is 1. The molecule has 0 aliphatic rings. The molecule has 0 bridgehead atoms. The maximum Gasteiger partial charge on any atom is 0.288 e. The summed E-state index contributed by atoms with van der Waals surface area (Å²) >= 11 is 0. The molecule has 2 N–H and O–H groups in total. The van der Waals surface area contributed by atoms with Crippen molar-refractivity contribution >= 4 is 17.4 Å². The summed E-state index contributed by atoms with van der Waals surface area (Å²) in [6, 6.07) is 7.75. The number of benzene rings is 1. The molecule has 1 amide bonds. The number of hydrogen-bond acceptors (Lipinski definition) is 6. The number of nitrogens with two attached hydrogens (primary N) is 1. The molecule has 9 nitrogen and oxygen atoms in total. The summed E-state index contributed by atoms with van der Waals surface area (Å²) in [6.45, 7) is 0. The van der Waals surface area contributed by atoms with Crippen molar-refractivity contribution in [2.24, 2.45) is 5.73 Å². The molecule has 0 fully saturated rings. The Kier molecular flexibility index (Phi) is 2.79. The number of carbonyl (C=O) groups excluding carboxylic acids is 1. The lowest BCUT2D eigenvalue weighted by molar-refractivity contribution is -0.384. The fourth-order valence-corrected chi connectivity index (χ4v) is 1.95. The smallest absolute Gasteiger partial charge is 0.288 e. The van der Waals surface area contributed by atoms with E-state index in [4.69, 9.17) is 5.73 Å². The number of para-hydroxylation sites is 1. The molecule has 0 atom stereocenters. The van der Waals surface area contributed by atoms with Gasteiger partial charge in [-0.15, -0.1) is 5.10 Å². The van der Waals surface area contributed by atoms with Crippen molar-refractivity contribution in [1.82, 2.24) is 19.6 Å². The van der Waals surface area contributed by atoms with Crippen molar-refractivity contribution < 1.29 is 9.72 Å². The molecule has 0 spiro atoms. The van der Waals surface area contributed by atoms with E-state index in [9.17, 15) is 14.9 Å². The summed E-state index contributed by atoms with van der Waals surface area (Å²) in [5, 5.41) is 15.1. The van der Waals surface area contributed by atoms with E-state index in [1.165, 1.54) is 16.8 Å². The molecule has 0 saturated heterocycles. The number of nitrogens with zero attached hydrogens (tertiary/aromatic N) is 5. The zero-order valence-electron chi connectivity index (χ0n) is 10.5. The van der Waals surface area contributed by atoms with Crippen molar-refractivity contribution in [3.05, 3.63) is 52.5 Å². The van der Waals surface area contributed by atoms with Gasteiger partial charge in [-0.25, -0.2) is 4.98 Å². The van der Waals surface area contributed by atoms with Gasteiger partial charge in [0.15, 0.2) is 0 Å². The molecule has 0 saturated carbocycles. The Balaban J connectivity index is 2.31. The maximum atomic E-state index is 11.1. The molecular formula is C12H8N6O3. The largest absolute Gasteiger partial charge is 0.363 e. The lowest BCUT2D eigenvalue weighted by atomic mass is 10.1. The predicted molar refractivity (Wildman–Crippen MR) is 71.4 cm³/mol. The number of rotatable bonds is 3. The molecule has 104 valence electrons. The summed E-state index contributed by atoms with van der Waals surface area (Å²) in [5.41, 5.74) is 5.79. The van der Waals surface area contributed by atoms with Crippen LogP contribution in [0.3, 0.4) is 0 Å². The van der Waals surface area contributed by atoms with Gasteiger partial charge in [0.2, 0.25) is 5.82 Å². The molecule has 2 heterocycles. The topological polar surface area (TPSA) is 129 Å². The molecule has 21 heavy (non-hydrogen) atoms. The quantitative estimate of drug-likeness (QED) is 0.559. The number of nitro benzene ring substituents is 1. The Bertz CT molecular complexity index is 872. The lowest BCUT2D eigenvalue weighted by Gasteiger charge is -2.04. The SMILES string of the molecule is NC(=O)c1nc2nccc(-c3ccccc3[N+](=O)[O-])n2n1. The van der Waals surface area contributed by atoms with Gasteiger partial charge in [0.05, 0.1) is 16.2 Å². The normalized spacial score (nSPS) is 10.7. The van der Waals surface area contributed by atoms with E-state index in [1.807, 2.05) is 0 Å². The van der Waals surface area contributed by atoms with Crippen LogP contribution in [0.4, 0.5) is 5.69 Å². The first-order chi connectivity index (χ1) is 10.1. The number of nitro groups is 1. The standard InChI is InChI=1S/C12H8N6O3/c13-10(19)11-15-12-14-6-5-8(17(12)16-11)7-3-1-2-4-9(7)18(20)21/h1-6H,(H2,13,19). The van der Waals surface area contributed by atoms with Crippen molar-refractivity contribution in [3.63, 3.8) is 0 Å². The Morgan fingerprint density at radius 1 is 1.29 bits per heavy atom. The van der Waals surface area contributed by atoms with Gasteiger partial charge in [-0.1, -0.05) is 12.1 Å². The second-order valence-corrected chi connectivity index (χ2v) is 4.12. The zero-order valence-corrected chi connectivity index (χ0v) is 10.5. The minimum absolute atomic E-state index is 0.0823. The molecule has 0 radical (unpaired) electrons. The van der Waals surface area contributed by atoms with Crippen molar-refractivity contribution in [2.45, 2.75) is 0 Å². The first-order valence-corrected chi connectivity index (χ1v) is 5.83. The average Bonchev–Trinajstić information content (AvgIpc) is 2.91. The molecule has 3 rings (SSSR count). The van der Waals surface area contributed by atoms with Gasteiger partial charge in [-0.2, -0.15) is 9.50 Å². The van der Waals surface area contributed by atoms with Crippen LogP contribution in [0.5, 0.6) is 0 Å². The summed E-state index contributed by atoms with van der Waals surface area (Å²) in [4.78, 5) is 29.6. The molecular weight excluding hydrogens is 276 g/mol. The van der Waals surface area contributed by atoms with E-state index < -0.39 is 10.8 Å². The predicted octanol–water partition coefficient (Wildman–Crippen LogP) is 0.798. The van der Waals surface area contributed by atoms with Gasteiger partial charge in [0.25, 0.3) is 17.4 Å². The van der Waals surface area contributed by atoms with Crippen LogP contribution in [0, 0.1) is 10.1 Å². The number of amides is 1. The highest BCUT2D eigenvalue weighted by Crippen LogP contribution is 2.28. The molecule has 9 heteroatoms. The first-order valence-electron chi connectivity index (χ1n) is 5.83. The first kappa shape index (κ1) is 12.7. The second kappa shape index (κ2) is 4.63. The Labute approximate surface area is 117 Å². The highest BCUT2D eigenvalue weighted by Gasteiger charge is 2.19. The molecule has 2 aromatic heterocycles. The third-order valence-electron chi connectivity index (χ3n) is 2.84. The van der Waals surface area contributed by atoms with Crippen LogP contribution in [0.25, 0.3) is 17.0 Å². The molecule has 0 aliphatic carbocycles. The fraction of sp³-hybridized carbons (Fsp3) is 0.